The fourth-order valence-electron chi connectivity index (χ4n) is 2.18. The number of rotatable bonds is 1. The zero-order valence-electron chi connectivity index (χ0n) is 9.14. The standard InChI is InChI=1S/C13H19N/c1-3-12-6-4-5-11-8-7-10(2)9-13(11)14-12/h7-9,12,14H,3-6H2,1-2H3. The van der Waals surface area contributed by atoms with E-state index in [4.69, 9.17) is 0 Å². The van der Waals surface area contributed by atoms with Crippen LogP contribution in [0, 0.1) is 6.92 Å². The highest BCUT2D eigenvalue weighted by atomic mass is 14.9. The Morgan fingerprint density at radius 2 is 2.29 bits per heavy atom. The molecule has 1 N–H and O–H groups in total. The third-order valence-electron chi connectivity index (χ3n) is 3.12. The molecule has 0 radical (unpaired) electrons. The Bertz CT molecular complexity index is 317. The summed E-state index contributed by atoms with van der Waals surface area (Å²) in [6, 6.07) is 7.45. The second kappa shape index (κ2) is 4.04. The molecular weight excluding hydrogens is 170 g/mol. The maximum atomic E-state index is 3.65. The van der Waals surface area contributed by atoms with Gasteiger partial charge in [-0.15, -0.1) is 0 Å². The molecule has 1 heteroatoms. The van der Waals surface area contributed by atoms with Crippen molar-refractivity contribution in [3.8, 4) is 0 Å². The highest BCUT2D eigenvalue weighted by molar-refractivity contribution is 5.54. The van der Waals surface area contributed by atoms with Crippen LogP contribution in [0.25, 0.3) is 0 Å². The maximum Gasteiger partial charge on any atom is 0.0377 e. The van der Waals surface area contributed by atoms with Gasteiger partial charge in [-0.05, 0) is 49.8 Å². The predicted molar refractivity (Wildman–Crippen MR) is 61.8 cm³/mol. The average Bonchev–Trinajstić information content (AvgIpc) is 2.38. The Labute approximate surface area is 86.5 Å². The van der Waals surface area contributed by atoms with Crippen LogP contribution in [0.5, 0.6) is 0 Å². The van der Waals surface area contributed by atoms with Gasteiger partial charge in [0.1, 0.15) is 0 Å². The molecule has 1 aliphatic heterocycles. The lowest BCUT2D eigenvalue weighted by atomic mass is 10.1. The largest absolute Gasteiger partial charge is 0.382 e. The molecule has 1 heterocycles. The molecule has 1 aromatic carbocycles. The fraction of sp³-hybridized carbons (Fsp3) is 0.538. The van der Waals surface area contributed by atoms with Gasteiger partial charge in [-0.3, -0.25) is 0 Å². The van der Waals surface area contributed by atoms with Crippen molar-refractivity contribution >= 4 is 5.69 Å². The summed E-state index contributed by atoms with van der Waals surface area (Å²) in [6.07, 6.45) is 5.10. The summed E-state index contributed by atoms with van der Waals surface area (Å²) in [5, 5.41) is 3.65. The minimum absolute atomic E-state index is 0.679. The normalized spacial score (nSPS) is 20.9. The molecule has 1 aromatic rings. The third kappa shape index (κ3) is 1.92. The average molecular weight is 189 g/mol. The van der Waals surface area contributed by atoms with Gasteiger partial charge < -0.3 is 5.32 Å². The molecular formula is C13H19N. The third-order valence-corrected chi connectivity index (χ3v) is 3.12. The molecule has 0 spiro atoms. The number of fused-ring (bicyclic) bond motifs is 1. The van der Waals surface area contributed by atoms with Crippen molar-refractivity contribution in [3.63, 3.8) is 0 Å². The van der Waals surface area contributed by atoms with E-state index in [1.807, 2.05) is 0 Å². The molecule has 1 atom stereocenters. The second-order valence-electron chi connectivity index (χ2n) is 4.30. The van der Waals surface area contributed by atoms with Crippen molar-refractivity contribution in [2.75, 3.05) is 5.32 Å². The molecule has 0 amide bonds. The Morgan fingerprint density at radius 3 is 3.07 bits per heavy atom. The number of benzene rings is 1. The zero-order chi connectivity index (χ0) is 9.97. The van der Waals surface area contributed by atoms with Gasteiger partial charge in [0.2, 0.25) is 0 Å². The van der Waals surface area contributed by atoms with Crippen LogP contribution in [-0.4, -0.2) is 6.04 Å². The molecule has 0 saturated heterocycles. The number of nitrogens with one attached hydrogen (secondary N) is 1. The van der Waals surface area contributed by atoms with Crippen molar-refractivity contribution in [1.29, 1.82) is 0 Å². The topological polar surface area (TPSA) is 12.0 Å². The van der Waals surface area contributed by atoms with Crippen molar-refractivity contribution in [1.82, 2.24) is 0 Å². The molecule has 76 valence electrons. The lowest BCUT2D eigenvalue weighted by Gasteiger charge is -2.16. The van der Waals surface area contributed by atoms with Crippen LogP contribution in [0.2, 0.25) is 0 Å². The smallest absolute Gasteiger partial charge is 0.0377 e. The van der Waals surface area contributed by atoms with Crippen LogP contribution < -0.4 is 5.32 Å². The Balaban J connectivity index is 2.28. The van der Waals surface area contributed by atoms with E-state index in [0.717, 1.165) is 0 Å². The Kier molecular flexibility index (Phi) is 2.76. The summed E-state index contributed by atoms with van der Waals surface area (Å²) in [7, 11) is 0. The molecule has 14 heavy (non-hydrogen) atoms. The molecule has 0 saturated carbocycles. The van der Waals surface area contributed by atoms with Crippen LogP contribution >= 0.6 is 0 Å². The minimum Gasteiger partial charge on any atom is -0.382 e. The first-order valence-corrected chi connectivity index (χ1v) is 5.65. The van der Waals surface area contributed by atoms with Crippen LogP contribution in [0.4, 0.5) is 5.69 Å². The molecule has 1 unspecified atom stereocenters. The quantitative estimate of drug-likeness (QED) is 0.712. The van der Waals surface area contributed by atoms with E-state index in [1.54, 1.807) is 0 Å². The summed E-state index contributed by atoms with van der Waals surface area (Å²) in [5.41, 5.74) is 4.22. The summed E-state index contributed by atoms with van der Waals surface area (Å²) in [4.78, 5) is 0. The first kappa shape index (κ1) is 9.57. The Hall–Kier alpha value is -0.980. The molecule has 0 aliphatic carbocycles. The summed E-state index contributed by atoms with van der Waals surface area (Å²) >= 11 is 0. The van der Waals surface area contributed by atoms with Gasteiger partial charge in [0.15, 0.2) is 0 Å². The molecule has 0 aromatic heterocycles. The number of aryl methyl sites for hydroxylation is 2. The van der Waals surface area contributed by atoms with E-state index in [0.29, 0.717) is 6.04 Å². The molecule has 0 fully saturated rings. The number of hydrogen-bond acceptors (Lipinski definition) is 1. The zero-order valence-corrected chi connectivity index (χ0v) is 9.14. The van der Waals surface area contributed by atoms with E-state index in [9.17, 15) is 0 Å². The fourth-order valence-corrected chi connectivity index (χ4v) is 2.18. The van der Waals surface area contributed by atoms with Crippen LogP contribution in [0.15, 0.2) is 18.2 Å². The SMILES string of the molecule is CCC1CCCc2ccc(C)cc2N1. The minimum atomic E-state index is 0.679. The molecule has 0 bridgehead atoms. The summed E-state index contributed by atoms with van der Waals surface area (Å²) in [6.45, 7) is 4.42. The second-order valence-corrected chi connectivity index (χ2v) is 4.30. The van der Waals surface area contributed by atoms with Crippen LogP contribution in [-0.2, 0) is 6.42 Å². The lowest BCUT2D eigenvalue weighted by molar-refractivity contribution is 0.615. The van der Waals surface area contributed by atoms with Crippen molar-refractivity contribution in [3.05, 3.63) is 29.3 Å². The van der Waals surface area contributed by atoms with E-state index in [2.05, 4.69) is 37.4 Å². The lowest BCUT2D eigenvalue weighted by Crippen LogP contribution is -2.16. The van der Waals surface area contributed by atoms with Crippen LogP contribution in [0.3, 0.4) is 0 Å². The number of hydrogen-bond donors (Lipinski definition) is 1. The summed E-state index contributed by atoms with van der Waals surface area (Å²) < 4.78 is 0. The van der Waals surface area contributed by atoms with E-state index < -0.39 is 0 Å². The van der Waals surface area contributed by atoms with Crippen molar-refractivity contribution < 1.29 is 0 Å². The highest BCUT2D eigenvalue weighted by Gasteiger charge is 2.13. The van der Waals surface area contributed by atoms with Crippen LogP contribution in [0.1, 0.15) is 37.3 Å². The van der Waals surface area contributed by atoms with Gasteiger partial charge in [-0.1, -0.05) is 19.1 Å². The molecule has 1 aliphatic rings. The van der Waals surface area contributed by atoms with Gasteiger partial charge in [0.25, 0.3) is 0 Å². The first-order valence-electron chi connectivity index (χ1n) is 5.65. The summed E-state index contributed by atoms with van der Waals surface area (Å²) in [5.74, 6) is 0. The van der Waals surface area contributed by atoms with Gasteiger partial charge in [0, 0.05) is 11.7 Å². The highest BCUT2D eigenvalue weighted by Crippen LogP contribution is 2.25. The number of anilines is 1. The first-order chi connectivity index (χ1) is 6.79. The molecule has 1 nitrogen and oxygen atoms in total. The maximum absolute atomic E-state index is 3.65. The Morgan fingerprint density at radius 1 is 1.43 bits per heavy atom. The van der Waals surface area contributed by atoms with Gasteiger partial charge in [0.05, 0.1) is 0 Å². The predicted octanol–water partition coefficient (Wildman–Crippen LogP) is 3.52. The monoisotopic (exact) mass is 189 g/mol. The van der Waals surface area contributed by atoms with E-state index in [-0.39, 0.29) is 0 Å². The van der Waals surface area contributed by atoms with Gasteiger partial charge >= 0.3 is 0 Å². The van der Waals surface area contributed by atoms with Crippen molar-refractivity contribution in [2.24, 2.45) is 0 Å². The van der Waals surface area contributed by atoms with Crippen molar-refractivity contribution in [2.45, 2.75) is 45.6 Å². The molecule has 2 rings (SSSR count). The van der Waals surface area contributed by atoms with E-state index >= 15 is 0 Å². The van der Waals surface area contributed by atoms with E-state index in [1.165, 1.54) is 42.5 Å². The van der Waals surface area contributed by atoms with Gasteiger partial charge in [-0.2, -0.15) is 0 Å². The van der Waals surface area contributed by atoms with Gasteiger partial charge in [-0.25, -0.2) is 0 Å².